The van der Waals surface area contributed by atoms with Crippen molar-refractivity contribution in [3.05, 3.63) is 58.2 Å². The van der Waals surface area contributed by atoms with Crippen LogP contribution in [0.3, 0.4) is 0 Å². The molecule has 2 aliphatic rings. The summed E-state index contributed by atoms with van der Waals surface area (Å²) in [4.78, 5) is 10.9. The van der Waals surface area contributed by atoms with Crippen LogP contribution in [0.2, 0.25) is 0 Å². The average molecular weight is 381 g/mol. The van der Waals surface area contributed by atoms with Crippen molar-refractivity contribution in [1.82, 2.24) is 0 Å². The zero-order valence-corrected chi connectivity index (χ0v) is 18.4. The SMILES string of the molecule is CC(/C=C/C1CCCC1c1cc2c(cc1C)C(C)(C)CCC2(C)C)=C\C(=O)O. The van der Waals surface area contributed by atoms with E-state index >= 15 is 0 Å². The number of benzene rings is 1. The number of hydrogen-bond acceptors (Lipinski definition) is 1. The van der Waals surface area contributed by atoms with Gasteiger partial charge >= 0.3 is 5.97 Å². The molecule has 2 heteroatoms. The highest BCUT2D eigenvalue weighted by atomic mass is 16.4. The maximum atomic E-state index is 10.9. The van der Waals surface area contributed by atoms with Crippen molar-refractivity contribution in [3.63, 3.8) is 0 Å². The Morgan fingerprint density at radius 2 is 1.68 bits per heavy atom. The van der Waals surface area contributed by atoms with Gasteiger partial charge < -0.3 is 5.11 Å². The third-order valence-electron chi connectivity index (χ3n) is 7.17. The van der Waals surface area contributed by atoms with Crippen LogP contribution in [0.25, 0.3) is 0 Å². The second-order valence-corrected chi connectivity index (χ2v) is 10.3. The van der Waals surface area contributed by atoms with Crippen molar-refractivity contribution >= 4 is 5.97 Å². The predicted octanol–water partition coefficient (Wildman–Crippen LogP) is 6.81. The average Bonchev–Trinajstić information content (AvgIpc) is 3.04. The number of hydrogen-bond donors (Lipinski definition) is 1. The molecule has 1 aromatic carbocycles. The van der Waals surface area contributed by atoms with Gasteiger partial charge in [-0.25, -0.2) is 4.79 Å². The Morgan fingerprint density at radius 1 is 1.07 bits per heavy atom. The number of aryl methyl sites for hydroxylation is 1. The molecule has 0 aliphatic heterocycles. The lowest BCUT2D eigenvalue weighted by Crippen LogP contribution is -2.34. The molecule has 1 aromatic rings. The topological polar surface area (TPSA) is 37.3 Å². The van der Waals surface area contributed by atoms with E-state index < -0.39 is 5.97 Å². The number of allylic oxidation sites excluding steroid dienone is 3. The fourth-order valence-corrected chi connectivity index (χ4v) is 5.26. The molecule has 152 valence electrons. The first-order valence-electron chi connectivity index (χ1n) is 10.8. The van der Waals surface area contributed by atoms with E-state index in [4.69, 9.17) is 5.11 Å². The molecule has 1 fully saturated rings. The number of carbonyl (C=O) groups is 1. The van der Waals surface area contributed by atoms with E-state index in [-0.39, 0.29) is 10.8 Å². The third-order valence-corrected chi connectivity index (χ3v) is 7.17. The Hall–Kier alpha value is -1.83. The molecule has 28 heavy (non-hydrogen) atoms. The van der Waals surface area contributed by atoms with Crippen LogP contribution < -0.4 is 0 Å². The molecule has 2 atom stereocenters. The summed E-state index contributed by atoms with van der Waals surface area (Å²) < 4.78 is 0. The standard InChI is InChI=1S/C26H36O2/c1-17(14-24(27)28)10-11-19-8-7-9-20(19)21-16-23-22(15-18(21)2)25(3,4)12-13-26(23,5)6/h10-11,14-16,19-20H,7-9,12-13H2,1-6H3,(H,27,28)/b11-10+,17-14+. The molecule has 3 rings (SSSR count). The van der Waals surface area contributed by atoms with Gasteiger partial charge in [0, 0.05) is 6.08 Å². The molecular weight excluding hydrogens is 344 g/mol. The second-order valence-electron chi connectivity index (χ2n) is 10.3. The number of rotatable bonds is 4. The van der Waals surface area contributed by atoms with E-state index in [1.807, 2.05) is 13.0 Å². The predicted molar refractivity (Wildman–Crippen MR) is 117 cm³/mol. The van der Waals surface area contributed by atoms with Gasteiger partial charge in [-0.1, -0.05) is 58.4 Å². The van der Waals surface area contributed by atoms with Crippen LogP contribution in [0.15, 0.2) is 35.9 Å². The van der Waals surface area contributed by atoms with Gasteiger partial charge in [-0.15, -0.1) is 0 Å². The summed E-state index contributed by atoms with van der Waals surface area (Å²) in [6, 6.07) is 5.00. The van der Waals surface area contributed by atoms with E-state index in [1.54, 1.807) is 5.56 Å². The van der Waals surface area contributed by atoms with Gasteiger partial charge in [-0.05, 0) is 90.0 Å². The number of fused-ring (bicyclic) bond motifs is 1. The van der Waals surface area contributed by atoms with Crippen molar-refractivity contribution in [2.75, 3.05) is 0 Å². The monoisotopic (exact) mass is 380 g/mol. The molecule has 0 amide bonds. The van der Waals surface area contributed by atoms with E-state index in [1.165, 1.54) is 54.9 Å². The minimum absolute atomic E-state index is 0.234. The van der Waals surface area contributed by atoms with Gasteiger partial charge in [0.05, 0.1) is 0 Å². The van der Waals surface area contributed by atoms with Crippen molar-refractivity contribution in [1.29, 1.82) is 0 Å². The van der Waals surface area contributed by atoms with Crippen molar-refractivity contribution in [3.8, 4) is 0 Å². The normalized spacial score (nSPS) is 26.4. The molecule has 0 radical (unpaired) electrons. The number of carboxylic acid groups (broad SMARTS) is 1. The lowest BCUT2D eigenvalue weighted by Gasteiger charge is -2.43. The van der Waals surface area contributed by atoms with Crippen LogP contribution in [0.4, 0.5) is 0 Å². The Balaban J connectivity index is 1.97. The smallest absolute Gasteiger partial charge is 0.328 e. The van der Waals surface area contributed by atoms with Crippen molar-refractivity contribution < 1.29 is 9.90 Å². The van der Waals surface area contributed by atoms with Gasteiger partial charge in [0.25, 0.3) is 0 Å². The highest BCUT2D eigenvalue weighted by Gasteiger charge is 2.38. The Bertz CT molecular complexity index is 823. The highest BCUT2D eigenvalue weighted by Crippen LogP contribution is 2.49. The van der Waals surface area contributed by atoms with E-state index in [9.17, 15) is 4.79 Å². The minimum atomic E-state index is -0.875. The fraction of sp³-hybridized carbons (Fsp3) is 0.577. The maximum absolute atomic E-state index is 10.9. The van der Waals surface area contributed by atoms with Crippen LogP contribution in [-0.2, 0) is 15.6 Å². The van der Waals surface area contributed by atoms with Crippen molar-refractivity contribution in [2.45, 2.75) is 90.4 Å². The van der Waals surface area contributed by atoms with Gasteiger partial charge in [-0.3, -0.25) is 0 Å². The number of aliphatic carboxylic acids is 1. The summed E-state index contributed by atoms with van der Waals surface area (Å²) in [5.74, 6) is 0.161. The summed E-state index contributed by atoms with van der Waals surface area (Å²) in [6.07, 6.45) is 11.7. The maximum Gasteiger partial charge on any atom is 0.328 e. The molecule has 1 saturated carbocycles. The van der Waals surface area contributed by atoms with Gasteiger partial charge in [-0.2, -0.15) is 0 Å². The Morgan fingerprint density at radius 3 is 2.29 bits per heavy atom. The summed E-state index contributed by atoms with van der Waals surface area (Å²) in [6.45, 7) is 13.7. The van der Waals surface area contributed by atoms with Crippen LogP contribution >= 0.6 is 0 Å². The zero-order valence-electron chi connectivity index (χ0n) is 18.4. The molecule has 1 N–H and O–H groups in total. The molecule has 0 heterocycles. The molecule has 0 bridgehead atoms. The molecule has 2 nitrogen and oxygen atoms in total. The first-order chi connectivity index (χ1) is 13.0. The molecule has 0 aromatic heterocycles. The summed E-state index contributed by atoms with van der Waals surface area (Å²) >= 11 is 0. The first-order valence-corrected chi connectivity index (χ1v) is 10.8. The van der Waals surface area contributed by atoms with Crippen LogP contribution in [0, 0.1) is 12.8 Å². The molecule has 0 spiro atoms. The van der Waals surface area contributed by atoms with Crippen LogP contribution in [-0.4, -0.2) is 11.1 Å². The van der Waals surface area contributed by atoms with Gasteiger partial charge in [0.1, 0.15) is 0 Å². The van der Waals surface area contributed by atoms with E-state index in [0.29, 0.717) is 11.8 Å². The first kappa shape index (κ1) is 20.9. The molecule has 2 aliphatic carbocycles. The Kier molecular flexibility index (Phi) is 5.62. The summed E-state index contributed by atoms with van der Waals surface area (Å²) in [5, 5.41) is 8.94. The second kappa shape index (κ2) is 7.54. The highest BCUT2D eigenvalue weighted by molar-refractivity contribution is 5.81. The lowest BCUT2D eigenvalue weighted by atomic mass is 9.62. The van der Waals surface area contributed by atoms with Crippen molar-refractivity contribution in [2.24, 2.45) is 5.92 Å². The third kappa shape index (κ3) is 4.11. The van der Waals surface area contributed by atoms with Gasteiger partial charge in [0.15, 0.2) is 0 Å². The summed E-state index contributed by atoms with van der Waals surface area (Å²) in [5.41, 5.74) is 7.31. The van der Waals surface area contributed by atoms with E-state index in [0.717, 1.165) is 5.57 Å². The van der Waals surface area contributed by atoms with Crippen LogP contribution in [0.1, 0.15) is 94.9 Å². The quantitative estimate of drug-likeness (QED) is 0.460. The lowest BCUT2D eigenvalue weighted by molar-refractivity contribution is -0.131. The van der Waals surface area contributed by atoms with E-state index in [2.05, 4.69) is 52.8 Å². The number of carboxylic acids is 1. The molecular formula is C26H36O2. The fourth-order valence-electron chi connectivity index (χ4n) is 5.26. The molecule has 0 saturated heterocycles. The zero-order chi connectivity index (χ0) is 20.7. The van der Waals surface area contributed by atoms with Gasteiger partial charge in [0.2, 0.25) is 0 Å². The summed E-state index contributed by atoms with van der Waals surface area (Å²) in [7, 11) is 0. The Labute approximate surface area is 170 Å². The largest absolute Gasteiger partial charge is 0.478 e. The molecule has 2 unspecified atom stereocenters. The van der Waals surface area contributed by atoms with Crippen LogP contribution in [0.5, 0.6) is 0 Å². The minimum Gasteiger partial charge on any atom is -0.478 e.